The Bertz CT molecular complexity index is 1050. The van der Waals surface area contributed by atoms with Crippen LogP contribution in [0, 0.1) is 18.7 Å². The molecule has 0 atom stereocenters. The van der Waals surface area contributed by atoms with Crippen LogP contribution in [-0.4, -0.2) is 65.7 Å². The zero-order chi connectivity index (χ0) is 28.5. The largest absolute Gasteiger partial charge is 0.493 e. The molecular weight excluding hydrogens is 504 g/mol. The molecule has 0 spiro atoms. The molecule has 0 radical (unpaired) electrons. The molecule has 0 saturated carbocycles. The number of benzene rings is 2. The van der Waals surface area contributed by atoms with Crippen molar-refractivity contribution in [1.29, 1.82) is 0 Å². The number of likely N-dealkylation sites (tertiary alicyclic amines) is 1. The van der Waals surface area contributed by atoms with Crippen molar-refractivity contribution in [3.63, 3.8) is 0 Å². The van der Waals surface area contributed by atoms with Crippen LogP contribution in [0.2, 0.25) is 0 Å². The fourth-order valence-corrected chi connectivity index (χ4v) is 3.93. The second-order valence-corrected chi connectivity index (χ2v) is 9.98. The fourth-order valence-electron chi connectivity index (χ4n) is 3.93. The van der Waals surface area contributed by atoms with E-state index in [9.17, 15) is 22.4 Å². The smallest absolute Gasteiger partial charge is 0.490 e. The summed E-state index contributed by atoms with van der Waals surface area (Å²) in [4.78, 5) is 26.4. The molecule has 10 heteroatoms. The number of carboxylic acid groups (broad SMARTS) is 1. The highest BCUT2D eigenvalue weighted by atomic mass is 19.4. The van der Waals surface area contributed by atoms with Crippen molar-refractivity contribution >= 4 is 11.9 Å². The Labute approximate surface area is 221 Å². The van der Waals surface area contributed by atoms with Gasteiger partial charge in [-0.1, -0.05) is 38.1 Å². The van der Waals surface area contributed by atoms with E-state index in [2.05, 4.69) is 25.8 Å². The van der Waals surface area contributed by atoms with Crippen LogP contribution < -0.4 is 4.74 Å². The Balaban J connectivity index is 0.000000638. The van der Waals surface area contributed by atoms with Crippen molar-refractivity contribution in [3.8, 4) is 5.75 Å². The van der Waals surface area contributed by atoms with Gasteiger partial charge < -0.3 is 19.6 Å². The molecule has 3 rings (SSSR count). The highest BCUT2D eigenvalue weighted by Crippen LogP contribution is 2.22. The van der Waals surface area contributed by atoms with Crippen LogP contribution in [-0.2, 0) is 22.6 Å². The zero-order valence-corrected chi connectivity index (χ0v) is 22.2. The molecule has 0 aromatic heterocycles. The number of carbonyl (C=O) groups excluding carboxylic acids is 1. The minimum Gasteiger partial charge on any atom is -0.493 e. The number of carboxylic acids is 1. The molecule has 2 aromatic rings. The van der Waals surface area contributed by atoms with E-state index in [-0.39, 0.29) is 17.8 Å². The van der Waals surface area contributed by atoms with E-state index >= 15 is 0 Å². The molecule has 1 N–H and O–H groups in total. The van der Waals surface area contributed by atoms with E-state index in [1.807, 2.05) is 42.2 Å². The predicted octanol–water partition coefficient (Wildman–Crippen LogP) is 5.47. The van der Waals surface area contributed by atoms with Gasteiger partial charge in [-0.25, -0.2) is 9.18 Å². The maximum Gasteiger partial charge on any atom is 0.490 e. The van der Waals surface area contributed by atoms with Crippen molar-refractivity contribution in [2.75, 3.05) is 26.7 Å². The van der Waals surface area contributed by atoms with Crippen molar-refractivity contribution in [1.82, 2.24) is 9.80 Å². The molecule has 0 aliphatic carbocycles. The summed E-state index contributed by atoms with van der Waals surface area (Å²) in [5.41, 5.74) is 2.41. The van der Waals surface area contributed by atoms with E-state index in [0.717, 1.165) is 42.8 Å². The van der Waals surface area contributed by atoms with Gasteiger partial charge >= 0.3 is 12.1 Å². The summed E-state index contributed by atoms with van der Waals surface area (Å²) < 4.78 is 52.0. The standard InChI is InChI=1S/C26H35FN2O2.C2HF3O2/c1-19(2)18-31-24-9-6-21(7-10-24)16-26(30)29(23-11-13-28(4)14-12-23)17-22-8-5-20(3)15-25(22)27;3-2(4,5)1(6)7/h5-10,15,19,23H,11-14,16-18H2,1-4H3;(H,6,7). The number of halogens is 4. The van der Waals surface area contributed by atoms with Crippen LogP contribution in [0.4, 0.5) is 17.6 Å². The number of hydrogen-bond donors (Lipinski definition) is 1. The highest BCUT2D eigenvalue weighted by molar-refractivity contribution is 5.79. The number of piperidine rings is 1. The third-order valence-electron chi connectivity index (χ3n) is 6.10. The van der Waals surface area contributed by atoms with Crippen LogP contribution in [0.5, 0.6) is 5.75 Å². The summed E-state index contributed by atoms with van der Waals surface area (Å²) in [6.45, 7) is 8.99. The lowest BCUT2D eigenvalue weighted by Crippen LogP contribution is -2.46. The van der Waals surface area contributed by atoms with Gasteiger partial charge in [0.2, 0.25) is 5.91 Å². The lowest BCUT2D eigenvalue weighted by atomic mass is 10.0. The van der Waals surface area contributed by atoms with Crippen molar-refractivity contribution in [2.45, 2.75) is 58.8 Å². The molecule has 1 amide bonds. The molecule has 1 heterocycles. The Morgan fingerprint density at radius 2 is 1.68 bits per heavy atom. The molecule has 1 aliphatic rings. The number of amides is 1. The van der Waals surface area contributed by atoms with Gasteiger partial charge in [0.05, 0.1) is 13.0 Å². The SMILES string of the molecule is Cc1ccc(CN(C(=O)Cc2ccc(OCC(C)C)cc2)C2CCN(C)CC2)c(F)c1.O=C(O)C(F)(F)F. The molecule has 1 fully saturated rings. The van der Waals surface area contributed by atoms with E-state index < -0.39 is 12.1 Å². The average Bonchev–Trinajstić information content (AvgIpc) is 2.83. The third-order valence-corrected chi connectivity index (χ3v) is 6.10. The molecule has 0 unspecified atom stereocenters. The lowest BCUT2D eigenvalue weighted by Gasteiger charge is -2.37. The van der Waals surface area contributed by atoms with Gasteiger partial charge in [0.25, 0.3) is 0 Å². The zero-order valence-electron chi connectivity index (χ0n) is 22.2. The van der Waals surface area contributed by atoms with E-state index in [1.165, 1.54) is 0 Å². The van der Waals surface area contributed by atoms with Crippen LogP contribution in [0.15, 0.2) is 42.5 Å². The summed E-state index contributed by atoms with van der Waals surface area (Å²) in [7, 11) is 2.10. The average molecular weight is 541 g/mol. The Hall–Kier alpha value is -3.14. The van der Waals surface area contributed by atoms with Crippen LogP contribution in [0.3, 0.4) is 0 Å². The van der Waals surface area contributed by atoms with E-state index in [0.29, 0.717) is 31.1 Å². The number of aryl methyl sites for hydroxylation is 1. The maximum absolute atomic E-state index is 14.5. The van der Waals surface area contributed by atoms with Crippen LogP contribution in [0.25, 0.3) is 0 Å². The van der Waals surface area contributed by atoms with Gasteiger partial charge in [0.15, 0.2) is 0 Å². The number of carbonyl (C=O) groups is 2. The molecule has 1 aliphatic heterocycles. The summed E-state index contributed by atoms with van der Waals surface area (Å²) in [5, 5.41) is 7.12. The van der Waals surface area contributed by atoms with Gasteiger partial charge in [-0.05, 0) is 75.1 Å². The second-order valence-electron chi connectivity index (χ2n) is 9.98. The lowest BCUT2D eigenvalue weighted by molar-refractivity contribution is -0.192. The number of rotatable bonds is 8. The molecular formula is C28H36F4N2O4. The highest BCUT2D eigenvalue weighted by Gasteiger charge is 2.38. The van der Waals surface area contributed by atoms with Crippen molar-refractivity contribution in [2.24, 2.45) is 5.92 Å². The summed E-state index contributed by atoms with van der Waals surface area (Å²) in [6, 6.07) is 13.1. The van der Waals surface area contributed by atoms with Gasteiger partial charge in [-0.3, -0.25) is 4.79 Å². The quantitative estimate of drug-likeness (QED) is 0.450. The fraction of sp³-hybridized carbons (Fsp3) is 0.500. The Morgan fingerprint density at radius 3 is 2.18 bits per heavy atom. The number of aliphatic carboxylic acids is 1. The van der Waals surface area contributed by atoms with Crippen LogP contribution >= 0.6 is 0 Å². The number of nitrogens with zero attached hydrogens (tertiary/aromatic N) is 2. The summed E-state index contributed by atoms with van der Waals surface area (Å²) in [5.74, 6) is -1.67. The molecule has 0 bridgehead atoms. The van der Waals surface area contributed by atoms with Crippen molar-refractivity contribution < 1.29 is 37.0 Å². The van der Waals surface area contributed by atoms with Gasteiger partial charge in [-0.15, -0.1) is 0 Å². The predicted molar refractivity (Wildman–Crippen MR) is 136 cm³/mol. The minimum atomic E-state index is -5.08. The molecule has 38 heavy (non-hydrogen) atoms. The van der Waals surface area contributed by atoms with Gasteiger partial charge in [0, 0.05) is 18.2 Å². The number of alkyl halides is 3. The maximum atomic E-state index is 14.5. The molecule has 2 aromatic carbocycles. The topological polar surface area (TPSA) is 70.1 Å². The van der Waals surface area contributed by atoms with Gasteiger partial charge in [-0.2, -0.15) is 13.2 Å². The first-order valence-electron chi connectivity index (χ1n) is 12.5. The Morgan fingerprint density at radius 1 is 1.11 bits per heavy atom. The van der Waals surface area contributed by atoms with Gasteiger partial charge in [0.1, 0.15) is 11.6 Å². The molecule has 1 saturated heterocycles. The van der Waals surface area contributed by atoms with Crippen LogP contribution in [0.1, 0.15) is 43.4 Å². The molecule has 210 valence electrons. The number of ether oxygens (including phenoxy) is 1. The van der Waals surface area contributed by atoms with E-state index in [1.54, 1.807) is 12.1 Å². The minimum absolute atomic E-state index is 0.0466. The Kier molecular flexibility index (Phi) is 11.6. The van der Waals surface area contributed by atoms with E-state index in [4.69, 9.17) is 14.6 Å². The first-order valence-corrected chi connectivity index (χ1v) is 12.5. The second kappa shape index (κ2) is 14.1. The molecule has 6 nitrogen and oxygen atoms in total. The first-order chi connectivity index (χ1) is 17.8. The summed E-state index contributed by atoms with van der Waals surface area (Å²) in [6.07, 6.45) is -2.94. The number of hydrogen-bond acceptors (Lipinski definition) is 4. The third kappa shape index (κ3) is 10.3. The monoisotopic (exact) mass is 540 g/mol. The summed E-state index contributed by atoms with van der Waals surface area (Å²) >= 11 is 0. The van der Waals surface area contributed by atoms with Crippen molar-refractivity contribution in [3.05, 3.63) is 65.0 Å². The normalized spacial score (nSPS) is 14.6. The first kappa shape index (κ1) is 31.1.